The van der Waals surface area contributed by atoms with Gasteiger partial charge in [0.15, 0.2) is 5.96 Å². The van der Waals surface area contributed by atoms with Crippen LogP contribution < -0.4 is 43.8 Å². The average Bonchev–Trinajstić information content (AvgIpc) is 3.48. The van der Waals surface area contributed by atoms with Crippen LogP contribution in [-0.2, 0) is 35.2 Å². The van der Waals surface area contributed by atoms with Gasteiger partial charge in [0.25, 0.3) is 0 Å². The second kappa shape index (κ2) is 20.4. The molecule has 0 aliphatic carbocycles. The van der Waals surface area contributed by atoms with Gasteiger partial charge in [0, 0.05) is 24.9 Å². The van der Waals surface area contributed by atoms with Crippen LogP contribution in [0.4, 0.5) is 0 Å². The van der Waals surface area contributed by atoms with Crippen molar-refractivity contribution in [2.45, 2.75) is 96.9 Å². The molecule has 18 heteroatoms. The van der Waals surface area contributed by atoms with E-state index in [1.54, 1.807) is 6.20 Å². The van der Waals surface area contributed by atoms with Crippen molar-refractivity contribution in [2.75, 3.05) is 13.1 Å². The number of aliphatic imine (C=N–C) groups is 1. The number of imidazole rings is 1. The number of guanidine groups is 1. The molecule has 5 atom stereocenters. The van der Waals surface area contributed by atoms with Crippen molar-refractivity contribution in [2.24, 2.45) is 34.0 Å². The van der Waals surface area contributed by atoms with E-state index in [9.17, 15) is 33.9 Å². The number of aliphatic carboxylic acids is 1. The minimum Gasteiger partial charge on any atom is -0.480 e. The molecular weight excluding hydrogens is 614 g/mol. The number of hydrogen-bond donors (Lipinski definition) is 10. The Kier molecular flexibility index (Phi) is 17.5. The molecule has 1 aromatic heterocycles. The van der Waals surface area contributed by atoms with Crippen molar-refractivity contribution in [1.29, 1.82) is 0 Å². The van der Waals surface area contributed by atoms with Crippen molar-refractivity contribution in [1.82, 2.24) is 36.6 Å². The van der Waals surface area contributed by atoms with Crippen LogP contribution >= 0.6 is 0 Å². The molecule has 0 aromatic carbocycles. The third-order valence-electron chi connectivity index (χ3n) is 6.77. The fourth-order valence-electron chi connectivity index (χ4n) is 4.38. The molecule has 1 aromatic rings. The van der Waals surface area contributed by atoms with Gasteiger partial charge in [0.05, 0.1) is 18.9 Å². The first kappa shape index (κ1) is 40.3. The zero-order valence-corrected chi connectivity index (χ0v) is 27.7. The van der Waals surface area contributed by atoms with Crippen LogP contribution in [0, 0.1) is 11.8 Å². The molecule has 5 amide bonds. The number of nitrogens with one attached hydrogen (secondary N) is 6. The SMILES string of the molecule is CC(C)CC(NC(=O)CNC(=O)C(CC(C)C)NC(=O)C(N)Cc1cnc[nH]1)C(=O)NC(C)C(=O)NC(CCCN=C(N)N)C(=O)O. The predicted molar refractivity (Wildman–Crippen MR) is 173 cm³/mol. The van der Waals surface area contributed by atoms with E-state index in [4.69, 9.17) is 17.2 Å². The molecule has 0 radical (unpaired) electrons. The lowest BCUT2D eigenvalue weighted by Crippen LogP contribution is -2.56. The van der Waals surface area contributed by atoms with Crippen LogP contribution in [0.5, 0.6) is 0 Å². The number of carbonyl (C=O) groups is 6. The summed E-state index contributed by atoms with van der Waals surface area (Å²) >= 11 is 0. The molecule has 264 valence electrons. The summed E-state index contributed by atoms with van der Waals surface area (Å²) in [7, 11) is 0. The summed E-state index contributed by atoms with van der Waals surface area (Å²) in [5, 5.41) is 22.1. The number of carboxylic acid groups (broad SMARTS) is 1. The molecule has 1 heterocycles. The summed E-state index contributed by atoms with van der Waals surface area (Å²) < 4.78 is 0. The van der Waals surface area contributed by atoms with Gasteiger partial charge >= 0.3 is 5.97 Å². The minimum absolute atomic E-state index is 0.0254. The first-order chi connectivity index (χ1) is 22.0. The Balaban J connectivity index is 2.76. The van der Waals surface area contributed by atoms with Crippen molar-refractivity contribution in [3.05, 3.63) is 18.2 Å². The maximum atomic E-state index is 13.1. The van der Waals surface area contributed by atoms with E-state index >= 15 is 0 Å². The van der Waals surface area contributed by atoms with Crippen LogP contribution in [0.1, 0.15) is 66.0 Å². The van der Waals surface area contributed by atoms with Gasteiger partial charge in [-0.05, 0) is 44.4 Å². The highest BCUT2D eigenvalue weighted by Gasteiger charge is 2.29. The van der Waals surface area contributed by atoms with E-state index in [0.717, 1.165) is 0 Å². The van der Waals surface area contributed by atoms with Crippen LogP contribution in [0.2, 0.25) is 0 Å². The Morgan fingerprint density at radius 2 is 1.45 bits per heavy atom. The van der Waals surface area contributed by atoms with Gasteiger partial charge in [0.2, 0.25) is 29.5 Å². The summed E-state index contributed by atoms with van der Waals surface area (Å²) in [5.74, 6) is -4.64. The van der Waals surface area contributed by atoms with Crippen molar-refractivity contribution >= 4 is 41.5 Å². The first-order valence-corrected chi connectivity index (χ1v) is 15.5. The molecular formula is C29H51N11O7. The van der Waals surface area contributed by atoms with Crippen molar-refractivity contribution in [3.8, 4) is 0 Å². The predicted octanol–water partition coefficient (Wildman–Crippen LogP) is -2.41. The summed E-state index contributed by atoms with van der Waals surface area (Å²) in [5.41, 5.74) is 17.2. The molecule has 1 rings (SSSR count). The second-order valence-corrected chi connectivity index (χ2v) is 12.1. The Morgan fingerprint density at radius 3 is 1.98 bits per heavy atom. The third kappa shape index (κ3) is 16.4. The van der Waals surface area contributed by atoms with Gasteiger partial charge in [-0.2, -0.15) is 0 Å². The number of amides is 5. The average molecular weight is 666 g/mol. The standard InChI is InChI=1S/C29H51N11O7/c1-15(2)9-21(40-25(43)19(30)11-18-12-33-14-36-18)26(44)35-13-23(41)38-22(10-16(3)4)27(45)37-17(5)24(42)39-20(28(46)47)7-6-8-34-29(31)32/h12,14-17,19-22H,6-11,13,30H2,1-5H3,(H,33,36)(H,35,44)(H,37,45)(H,38,41)(H,39,42)(H,40,43)(H,46,47)(H4,31,32,34). The maximum Gasteiger partial charge on any atom is 0.326 e. The molecule has 0 spiro atoms. The summed E-state index contributed by atoms with van der Waals surface area (Å²) in [6.07, 6.45) is 4.03. The van der Waals surface area contributed by atoms with E-state index < -0.39 is 72.3 Å². The molecule has 0 aliphatic rings. The number of nitrogens with zero attached hydrogens (tertiary/aromatic N) is 2. The van der Waals surface area contributed by atoms with Crippen LogP contribution in [0.3, 0.4) is 0 Å². The second-order valence-electron chi connectivity index (χ2n) is 12.1. The number of carbonyl (C=O) groups excluding carboxylic acids is 5. The lowest BCUT2D eigenvalue weighted by Gasteiger charge is -2.24. The third-order valence-corrected chi connectivity index (χ3v) is 6.77. The molecule has 5 unspecified atom stereocenters. The summed E-state index contributed by atoms with van der Waals surface area (Å²) in [6.45, 7) is 8.49. The highest BCUT2D eigenvalue weighted by atomic mass is 16.4. The van der Waals surface area contributed by atoms with Crippen LogP contribution in [0.25, 0.3) is 0 Å². The molecule has 0 saturated heterocycles. The monoisotopic (exact) mass is 665 g/mol. The van der Waals surface area contributed by atoms with E-state index in [1.807, 2.05) is 27.7 Å². The van der Waals surface area contributed by atoms with E-state index in [-0.39, 0.29) is 50.0 Å². The molecule has 0 saturated carbocycles. The van der Waals surface area contributed by atoms with Gasteiger partial charge < -0.3 is 53.9 Å². The Bertz CT molecular complexity index is 1220. The number of H-pyrrole nitrogens is 1. The first-order valence-electron chi connectivity index (χ1n) is 15.5. The lowest BCUT2D eigenvalue weighted by atomic mass is 10.0. The molecule has 47 heavy (non-hydrogen) atoms. The molecule has 0 fully saturated rings. The summed E-state index contributed by atoms with van der Waals surface area (Å²) in [6, 6.07) is -5.32. The Hall–Kier alpha value is -4.74. The Morgan fingerprint density at radius 1 is 0.851 bits per heavy atom. The topological polar surface area (TPSA) is 302 Å². The fourth-order valence-corrected chi connectivity index (χ4v) is 4.38. The molecule has 0 bridgehead atoms. The number of hydrogen-bond acceptors (Lipinski definition) is 9. The van der Waals surface area contributed by atoms with Crippen molar-refractivity contribution < 1.29 is 33.9 Å². The number of aromatic amines is 1. The minimum atomic E-state index is -1.26. The lowest BCUT2D eigenvalue weighted by molar-refractivity contribution is -0.142. The highest BCUT2D eigenvalue weighted by molar-refractivity contribution is 5.95. The highest BCUT2D eigenvalue weighted by Crippen LogP contribution is 2.08. The number of nitrogens with two attached hydrogens (primary N) is 3. The largest absolute Gasteiger partial charge is 0.480 e. The zero-order chi connectivity index (χ0) is 35.7. The maximum absolute atomic E-state index is 13.1. The normalized spacial score (nSPS) is 14.2. The number of rotatable bonds is 21. The quantitative estimate of drug-likeness (QED) is 0.0374. The molecule has 18 nitrogen and oxygen atoms in total. The number of aromatic nitrogens is 2. The molecule has 0 aliphatic heterocycles. The van der Waals surface area contributed by atoms with E-state index in [2.05, 4.69) is 41.5 Å². The molecule has 13 N–H and O–H groups in total. The summed E-state index contributed by atoms with van der Waals surface area (Å²) in [4.78, 5) is 86.4. The van der Waals surface area contributed by atoms with Gasteiger partial charge in [-0.15, -0.1) is 0 Å². The Labute approximate surface area is 274 Å². The van der Waals surface area contributed by atoms with Gasteiger partial charge in [-0.25, -0.2) is 9.78 Å². The number of carboxylic acids is 1. The van der Waals surface area contributed by atoms with E-state index in [1.165, 1.54) is 13.3 Å². The van der Waals surface area contributed by atoms with E-state index in [0.29, 0.717) is 12.1 Å². The van der Waals surface area contributed by atoms with Gasteiger partial charge in [-0.1, -0.05) is 27.7 Å². The van der Waals surface area contributed by atoms with Gasteiger partial charge in [0.1, 0.15) is 24.2 Å². The van der Waals surface area contributed by atoms with Crippen LogP contribution in [0.15, 0.2) is 17.5 Å². The zero-order valence-electron chi connectivity index (χ0n) is 27.7. The van der Waals surface area contributed by atoms with Crippen LogP contribution in [-0.4, -0.2) is 99.8 Å². The fraction of sp³-hybridized carbons (Fsp3) is 0.655. The van der Waals surface area contributed by atoms with Gasteiger partial charge in [-0.3, -0.25) is 29.0 Å². The smallest absolute Gasteiger partial charge is 0.326 e. The van der Waals surface area contributed by atoms with Crippen molar-refractivity contribution in [3.63, 3.8) is 0 Å².